The molecule has 0 atom stereocenters. The average Bonchev–Trinajstić information content (AvgIpc) is 3.72. The van der Waals surface area contributed by atoms with Gasteiger partial charge in [-0.3, -0.25) is 0 Å². The maximum absolute atomic E-state index is 6.52. The summed E-state index contributed by atoms with van der Waals surface area (Å²) in [5.41, 5.74) is 9.92. The van der Waals surface area contributed by atoms with Gasteiger partial charge in [0.15, 0.2) is 17.5 Å². The van der Waals surface area contributed by atoms with Crippen LogP contribution in [-0.2, 0) is 5.41 Å². The second-order valence-electron chi connectivity index (χ2n) is 12.0. The van der Waals surface area contributed by atoms with Gasteiger partial charge in [0.05, 0.1) is 11.7 Å². The van der Waals surface area contributed by atoms with E-state index in [4.69, 9.17) is 24.1 Å². The highest BCUT2D eigenvalue weighted by Gasteiger charge is 2.51. The summed E-state index contributed by atoms with van der Waals surface area (Å²) in [5, 5.41) is 1.06. The van der Waals surface area contributed by atoms with E-state index in [2.05, 4.69) is 66.7 Å². The standard InChI is InChI=1S/C42H25N3O2/c1-3-11-26(12-4-1)39-43-40(27-13-5-2-6-14-27)45-41(44-39)29-19-20-32-30(24-29)31-23-28-21-22-46-38(28)25-35(31)42(32)33-15-7-9-17-36(33)47-37-18-10-8-16-34(37)42/h1-25H. The lowest BCUT2D eigenvalue weighted by Gasteiger charge is -2.39. The van der Waals surface area contributed by atoms with E-state index in [9.17, 15) is 0 Å². The van der Waals surface area contributed by atoms with Gasteiger partial charge < -0.3 is 9.15 Å². The van der Waals surface area contributed by atoms with Crippen molar-refractivity contribution in [2.75, 3.05) is 0 Å². The number of fused-ring (bicyclic) bond motifs is 10. The normalized spacial score (nSPS) is 13.4. The zero-order chi connectivity index (χ0) is 31.0. The van der Waals surface area contributed by atoms with Crippen molar-refractivity contribution in [2.45, 2.75) is 5.41 Å². The lowest BCUT2D eigenvalue weighted by atomic mass is 9.66. The van der Waals surface area contributed by atoms with Gasteiger partial charge in [0.25, 0.3) is 0 Å². The molecule has 2 aliphatic rings. The van der Waals surface area contributed by atoms with Gasteiger partial charge in [-0.05, 0) is 58.7 Å². The molecule has 5 nitrogen and oxygen atoms in total. The Balaban J connectivity index is 1.26. The molecule has 0 fully saturated rings. The predicted octanol–water partition coefficient (Wildman–Crippen LogP) is 10.1. The first-order valence-corrected chi connectivity index (χ1v) is 15.7. The number of para-hydroxylation sites is 2. The highest BCUT2D eigenvalue weighted by Crippen LogP contribution is 2.62. The molecule has 0 radical (unpaired) electrons. The summed E-state index contributed by atoms with van der Waals surface area (Å²) in [6, 6.07) is 50.1. The van der Waals surface area contributed by atoms with Gasteiger partial charge in [-0.25, -0.2) is 15.0 Å². The van der Waals surface area contributed by atoms with Crippen LogP contribution in [0.15, 0.2) is 156 Å². The quantitative estimate of drug-likeness (QED) is 0.201. The number of nitrogens with zero attached hydrogens (tertiary/aromatic N) is 3. The summed E-state index contributed by atoms with van der Waals surface area (Å²) in [6.45, 7) is 0. The van der Waals surface area contributed by atoms with Gasteiger partial charge in [0, 0.05) is 33.2 Å². The Labute approximate surface area is 270 Å². The van der Waals surface area contributed by atoms with E-state index >= 15 is 0 Å². The van der Waals surface area contributed by atoms with E-state index in [1.165, 1.54) is 11.1 Å². The lowest BCUT2D eigenvalue weighted by Crippen LogP contribution is -2.32. The number of furan rings is 1. The summed E-state index contributed by atoms with van der Waals surface area (Å²) < 4.78 is 12.5. The van der Waals surface area contributed by atoms with E-state index in [1.54, 1.807) is 6.26 Å². The third kappa shape index (κ3) is 3.74. The van der Waals surface area contributed by atoms with Crippen LogP contribution in [0.25, 0.3) is 56.3 Å². The molecule has 6 aromatic carbocycles. The predicted molar refractivity (Wildman–Crippen MR) is 183 cm³/mol. The zero-order valence-electron chi connectivity index (χ0n) is 25.1. The Morgan fingerprint density at radius 3 is 1.62 bits per heavy atom. The third-order valence-electron chi connectivity index (χ3n) is 9.47. The summed E-state index contributed by atoms with van der Waals surface area (Å²) in [6.07, 6.45) is 1.76. The van der Waals surface area contributed by atoms with Crippen LogP contribution < -0.4 is 4.74 Å². The van der Waals surface area contributed by atoms with Crippen molar-refractivity contribution >= 4 is 11.0 Å². The molecule has 0 amide bonds. The molecular weight excluding hydrogens is 578 g/mol. The molecule has 0 N–H and O–H groups in total. The van der Waals surface area contributed by atoms with E-state index in [1.807, 2.05) is 78.9 Å². The van der Waals surface area contributed by atoms with E-state index in [-0.39, 0.29) is 0 Å². The van der Waals surface area contributed by atoms with Crippen molar-refractivity contribution in [3.63, 3.8) is 0 Å². The Hall–Kier alpha value is -6.33. The smallest absolute Gasteiger partial charge is 0.164 e. The van der Waals surface area contributed by atoms with Crippen molar-refractivity contribution in [2.24, 2.45) is 0 Å². The fourth-order valence-corrected chi connectivity index (χ4v) is 7.43. The fourth-order valence-electron chi connectivity index (χ4n) is 7.43. The van der Waals surface area contributed by atoms with Gasteiger partial charge in [0.1, 0.15) is 17.1 Å². The molecule has 1 spiro atoms. The molecule has 3 heterocycles. The molecule has 0 unspecified atom stereocenters. The summed E-state index contributed by atoms with van der Waals surface area (Å²) in [4.78, 5) is 15.0. The molecule has 0 saturated carbocycles. The SMILES string of the molecule is c1ccc(-c2nc(-c3ccccc3)nc(-c3ccc4c(c3)-c3cc5ccoc5cc3C43c4ccccc4Oc4ccccc43)n2)cc1. The first kappa shape index (κ1) is 25.9. The second kappa shape index (κ2) is 9.83. The fraction of sp³-hybridized carbons (Fsp3) is 0.0238. The lowest BCUT2D eigenvalue weighted by molar-refractivity contribution is 0.436. The van der Waals surface area contributed by atoms with Crippen LogP contribution in [-0.4, -0.2) is 15.0 Å². The zero-order valence-corrected chi connectivity index (χ0v) is 25.1. The molecule has 2 aromatic heterocycles. The largest absolute Gasteiger partial charge is 0.464 e. The van der Waals surface area contributed by atoms with Crippen LogP contribution in [0.2, 0.25) is 0 Å². The molecule has 1 aliphatic heterocycles. The minimum Gasteiger partial charge on any atom is -0.464 e. The van der Waals surface area contributed by atoms with Crippen molar-refractivity contribution in [3.05, 3.63) is 174 Å². The van der Waals surface area contributed by atoms with E-state index in [0.29, 0.717) is 17.5 Å². The van der Waals surface area contributed by atoms with Gasteiger partial charge in [-0.1, -0.05) is 109 Å². The Kier molecular flexibility index (Phi) is 5.43. The Bertz CT molecular complexity index is 2400. The van der Waals surface area contributed by atoms with E-state index in [0.717, 1.165) is 61.4 Å². The number of aromatic nitrogens is 3. The maximum atomic E-state index is 6.52. The summed E-state index contributed by atoms with van der Waals surface area (Å²) in [5.74, 6) is 3.61. The first-order chi connectivity index (χ1) is 23.3. The topological polar surface area (TPSA) is 61.0 Å². The minimum absolute atomic E-state index is 0.598. The Morgan fingerprint density at radius 2 is 0.979 bits per heavy atom. The molecule has 0 saturated heterocycles. The number of ether oxygens (including phenoxy) is 1. The van der Waals surface area contributed by atoms with Gasteiger partial charge in [-0.15, -0.1) is 0 Å². The molecule has 47 heavy (non-hydrogen) atoms. The van der Waals surface area contributed by atoms with Gasteiger partial charge in [0.2, 0.25) is 0 Å². The van der Waals surface area contributed by atoms with Crippen LogP contribution in [0.4, 0.5) is 0 Å². The first-order valence-electron chi connectivity index (χ1n) is 15.7. The second-order valence-corrected chi connectivity index (χ2v) is 12.0. The van der Waals surface area contributed by atoms with Crippen molar-refractivity contribution in [1.29, 1.82) is 0 Å². The van der Waals surface area contributed by atoms with Crippen LogP contribution >= 0.6 is 0 Å². The van der Waals surface area contributed by atoms with Crippen LogP contribution in [0.3, 0.4) is 0 Å². The van der Waals surface area contributed by atoms with Crippen LogP contribution in [0.1, 0.15) is 22.3 Å². The monoisotopic (exact) mass is 603 g/mol. The highest BCUT2D eigenvalue weighted by molar-refractivity contribution is 5.96. The van der Waals surface area contributed by atoms with Gasteiger partial charge >= 0.3 is 0 Å². The minimum atomic E-state index is -0.598. The molecule has 10 rings (SSSR count). The highest BCUT2D eigenvalue weighted by atomic mass is 16.5. The number of rotatable bonds is 3. The Morgan fingerprint density at radius 1 is 0.426 bits per heavy atom. The molecule has 8 aromatic rings. The number of hydrogen-bond donors (Lipinski definition) is 0. The average molecular weight is 604 g/mol. The third-order valence-corrected chi connectivity index (χ3v) is 9.47. The van der Waals surface area contributed by atoms with Crippen molar-refractivity contribution in [3.8, 4) is 56.8 Å². The maximum Gasteiger partial charge on any atom is 0.164 e. The molecule has 5 heteroatoms. The van der Waals surface area contributed by atoms with Crippen LogP contribution in [0, 0.1) is 0 Å². The van der Waals surface area contributed by atoms with Crippen molar-refractivity contribution in [1.82, 2.24) is 15.0 Å². The molecular formula is C42H25N3O2. The number of benzene rings is 6. The van der Waals surface area contributed by atoms with Crippen LogP contribution in [0.5, 0.6) is 11.5 Å². The van der Waals surface area contributed by atoms with Crippen molar-refractivity contribution < 1.29 is 9.15 Å². The number of hydrogen-bond acceptors (Lipinski definition) is 5. The molecule has 220 valence electrons. The van der Waals surface area contributed by atoms with E-state index < -0.39 is 5.41 Å². The van der Waals surface area contributed by atoms with Gasteiger partial charge in [-0.2, -0.15) is 0 Å². The molecule has 0 bridgehead atoms. The molecule has 1 aliphatic carbocycles. The summed E-state index contributed by atoms with van der Waals surface area (Å²) in [7, 11) is 0. The summed E-state index contributed by atoms with van der Waals surface area (Å²) >= 11 is 0.